The number of aromatic nitrogens is 3. The van der Waals surface area contributed by atoms with Crippen molar-refractivity contribution in [3.63, 3.8) is 0 Å². The minimum atomic E-state index is -0.315. The Labute approximate surface area is 96.7 Å². The van der Waals surface area contributed by atoms with Crippen LogP contribution >= 0.6 is 11.8 Å². The SMILES string of the molecule is Cn1ncnc1SCc1ccc(F)cc1N. The fourth-order valence-corrected chi connectivity index (χ4v) is 2.16. The van der Waals surface area contributed by atoms with Gasteiger partial charge in [-0.05, 0) is 17.7 Å². The number of nitrogens with zero attached hydrogens (tertiary/aromatic N) is 3. The summed E-state index contributed by atoms with van der Waals surface area (Å²) in [6, 6.07) is 4.42. The molecule has 0 atom stereocenters. The molecule has 0 radical (unpaired) electrons. The Hall–Kier alpha value is -1.56. The third-order valence-electron chi connectivity index (χ3n) is 2.13. The normalized spacial score (nSPS) is 10.6. The molecule has 0 aliphatic rings. The molecule has 2 rings (SSSR count). The molecule has 16 heavy (non-hydrogen) atoms. The van der Waals surface area contributed by atoms with Gasteiger partial charge in [-0.15, -0.1) is 0 Å². The van der Waals surface area contributed by atoms with Crippen molar-refractivity contribution < 1.29 is 4.39 Å². The molecule has 0 aliphatic carbocycles. The largest absolute Gasteiger partial charge is 0.398 e. The van der Waals surface area contributed by atoms with Gasteiger partial charge in [0.1, 0.15) is 12.1 Å². The van der Waals surface area contributed by atoms with E-state index in [1.54, 1.807) is 10.7 Å². The van der Waals surface area contributed by atoms with Gasteiger partial charge in [0, 0.05) is 18.5 Å². The first-order chi connectivity index (χ1) is 7.66. The molecule has 0 unspecified atom stereocenters. The first kappa shape index (κ1) is 10.9. The molecule has 0 fully saturated rings. The summed E-state index contributed by atoms with van der Waals surface area (Å²) < 4.78 is 14.5. The zero-order valence-corrected chi connectivity index (χ0v) is 9.54. The lowest BCUT2D eigenvalue weighted by Gasteiger charge is -2.04. The van der Waals surface area contributed by atoms with Crippen molar-refractivity contribution in [2.75, 3.05) is 5.73 Å². The quantitative estimate of drug-likeness (QED) is 0.654. The van der Waals surface area contributed by atoms with Gasteiger partial charge in [-0.2, -0.15) is 5.10 Å². The van der Waals surface area contributed by atoms with E-state index in [1.165, 1.54) is 30.2 Å². The second-order valence-electron chi connectivity index (χ2n) is 3.30. The molecule has 0 bridgehead atoms. The van der Waals surface area contributed by atoms with Crippen LogP contribution in [0.4, 0.5) is 10.1 Å². The molecule has 1 aromatic carbocycles. The van der Waals surface area contributed by atoms with Crippen LogP contribution in [0.1, 0.15) is 5.56 Å². The van der Waals surface area contributed by atoms with Crippen molar-refractivity contribution in [2.45, 2.75) is 10.9 Å². The maximum atomic E-state index is 12.8. The summed E-state index contributed by atoms with van der Waals surface area (Å²) >= 11 is 1.51. The fourth-order valence-electron chi connectivity index (χ4n) is 1.26. The van der Waals surface area contributed by atoms with E-state index in [0.29, 0.717) is 11.4 Å². The molecule has 0 aliphatic heterocycles. The third-order valence-corrected chi connectivity index (χ3v) is 3.22. The summed E-state index contributed by atoms with van der Waals surface area (Å²) in [7, 11) is 1.82. The Morgan fingerprint density at radius 1 is 1.50 bits per heavy atom. The van der Waals surface area contributed by atoms with Crippen LogP contribution in [0.15, 0.2) is 29.7 Å². The van der Waals surface area contributed by atoms with Gasteiger partial charge in [-0.25, -0.2) is 14.1 Å². The van der Waals surface area contributed by atoms with E-state index in [9.17, 15) is 4.39 Å². The highest BCUT2D eigenvalue weighted by atomic mass is 32.2. The maximum absolute atomic E-state index is 12.8. The summed E-state index contributed by atoms with van der Waals surface area (Å²) in [6.07, 6.45) is 1.50. The first-order valence-electron chi connectivity index (χ1n) is 4.67. The zero-order valence-electron chi connectivity index (χ0n) is 8.72. The number of hydrogen-bond donors (Lipinski definition) is 1. The molecule has 0 saturated carbocycles. The van der Waals surface area contributed by atoms with Crippen LogP contribution in [0.2, 0.25) is 0 Å². The van der Waals surface area contributed by atoms with E-state index in [2.05, 4.69) is 10.1 Å². The number of thioether (sulfide) groups is 1. The number of nitrogen functional groups attached to an aromatic ring is 1. The highest BCUT2D eigenvalue weighted by Crippen LogP contribution is 2.23. The standard InChI is InChI=1S/C10H11FN4S/c1-15-10(13-6-14-15)16-5-7-2-3-8(11)4-9(7)12/h2-4,6H,5,12H2,1H3. The molecule has 0 amide bonds. The zero-order chi connectivity index (χ0) is 11.5. The van der Waals surface area contributed by atoms with Gasteiger partial charge in [0.05, 0.1) is 0 Å². The van der Waals surface area contributed by atoms with Gasteiger partial charge in [-0.3, -0.25) is 0 Å². The molecular formula is C10H11FN4S. The summed E-state index contributed by atoms with van der Waals surface area (Å²) in [5.74, 6) is 0.337. The highest BCUT2D eigenvalue weighted by molar-refractivity contribution is 7.98. The van der Waals surface area contributed by atoms with Crippen LogP contribution in [-0.4, -0.2) is 14.8 Å². The molecule has 2 N–H and O–H groups in total. The van der Waals surface area contributed by atoms with E-state index in [4.69, 9.17) is 5.73 Å². The molecule has 0 saturated heterocycles. The second-order valence-corrected chi connectivity index (χ2v) is 4.24. The molecule has 0 spiro atoms. The van der Waals surface area contributed by atoms with Crippen LogP contribution < -0.4 is 5.73 Å². The molecule has 4 nitrogen and oxygen atoms in total. The van der Waals surface area contributed by atoms with E-state index in [1.807, 2.05) is 7.05 Å². The van der Waals surface area contributed by atoms with Crippen molar-refractivity contribution in [1.29, 1.82) is 0 Å². The number of halogens is 1. The van der Waals surface area contributed by atoms with Crippen LogP contribution in [-0.2, 0) is 12.8 Å². The predicted octanol–water partition coefficient (Wildman–Crippen LogP) is 1.83. The van der Waals surface area contributed by atoms with Gasteiger partial charge in [0.2, 0.25) is 0 Å². The maximum Gasteiger partial charge on any atom is 0.186 e. The Kier molecular flexibility index (Phi) is 3.09. The van der Waals surface area contributed by atoms with Crippen molar-refractivity contribution in [1.82, 2.24) is 14.8 Å². The fraction of sp³-hybridized carbons (Fsp3) is 0.200. The Balaban J connectivity index is 2.08. The molecule has 6 heteroatoms. The van der Waals surface area contributed by atoms with Gasteiger partial charge >= 0.3 is 0 Å². The van der Waals surface area contributed by atoms with E-state index < -0.39 is 0 Å². The Morgan fingerprint density at radius 2 is 2.31 bits per heavy atom. The van der Waals surface area contributed by atoms with Crippen molar-refractivity contribution in [3.8, 4) is 0 Å². The average molecular weight is 238 g/mol. The number of aryl methyl sites for hydroxylation is 1. The Bertz CT molecular complexity index is 497. The van der Waals surface area contributed by atoms with Crippen molar-refractivity contribution >= 4 is 17.4 Å². The molecular weight excluding hydrogens is 227 g/mol. The van der Waals surface area contributed by atoms with Crippen LogP contribution in [0.5, 0.6) is 0 Å². The summed E-state index contributed by atoms with van der Waals surface area (Å²) in [6.45, 7) is 0. The third kappa shape index (κ3) is 2.33. The van der Waals surface area contributed by atoms with Gasteiger partial charge in [0.25, 0.3) is 0 Å². The van der Waals surface area contributed by atoms with Crippen molar-refractivity contribution in [2.24, 2.45) is 7.05 Å². The summed E-state index contributed by atoms with van der Waals surface area (Å²) in [4.78, 5) is 4.08. The number of benzene rings is 1. The van der Waals surface area contributed by atoms with Gasteiger partial charge in [-0.1, -0.05) is 17.8 Å². The molecule has 1 aromatic heterocycles. The molecule has 84 valence electrons. The summed E-state index contributed by atoms with van der Waals surface area (Å²) in [5.41, 5.74) is 7.07. The minimum absolute atomic E-state index is 0.315. The van der Waals surface area contributed by atoms with Crippen LogP contribution in [0, 0.1) is 5.82 Å². The van der Waals surface area contributed by atoms with Crippen LogP contribution in [0.25, 0.3) is 0 Å². The second kappa shape index (κ2) is 4.52. The van der Waals surface area contributed by atoms with E-state index >= 15 is 0 Å². The van der Waals surface area contributed by atoms with Gasteiger partial charge in [0.15, 0.2) is 5.16 Å². The number of hydrogen-bond acceptors (Lipinski definition) is 4. The average Bonchev–Trinajstić information content (AvgIpc) is 2.63. The lowest BCUT2D eigenvalue weighted by atomic mass is 10.2. The lowest BCUT2D eigenvalue weighted by Crippen LogP contribution is -1.96. The summed E-state index contributed by atoms with van der Waals surface area (Å²) in [5, 5.41) is 4.77. The minimum Gasteiger partial charge on any atom is -0.398 e. The number of rotatable bonds is 3. The smallest absolute Gasteiger partial charge is 0.186 e. The first-order valence-corrected chi connectivity index (χ1v) is 5.66. The van der Waals surface area contributed by atoms with Gasteiger partial charge < -0.3 is 5.73 Å². The monoisotopic (exact) mass is 238 g/mol. The highest BCUT2D eigenvalue weighted by Gasteiger charge is 2.05. The lowest BCUT2D eigenvalue weighted by molar-refractivity contribution is 0.628. The topological polar surface area (TPSA) is 56.7 Å². The van der Waals surface area contributed by atoms with Crippen molar-refractivity contribution in [3.05, 3.63) is 35.9 Å². The molecule has 1 heterocycles. The number of nitrogens with two attached hydrogens (primary N) is 1. The van der Waals surface area contributed by atoms with Crippen LogP contribution in [0.3, 0.4) is 0 Å². The van der Waals surface area contributed by atoms with E-state index in [-0.39, 0.29) is 5.82 Å². The predicted molar refractivity (Wildman–Crippen MR) is 61.4 cm³/mol. The Morgan fingerprint density at radius 3 is 2.94 bits per heavy atom. The number of anilines is 1. The van der Waals surface area contributed by atoms with E-state index in [0.717, 1.165) is 10.7 Å². The molecule has 2 aromatic rings.